The van der Waals surface area contributed by atoms with Gasteiger partial charge in [0.15, 0.2) is 11.6 Å². The predicted octanol–water partition coefficient (Wildman–Crippen LogP) is 2.10. The van der Waals surface area contributed by atoms with Gasteiger partial charge in [0.25, 0.3) is 5.91 Å². The minimum atomic E-state index is -1.06. The Kier molecular flexibility index (Phi) is 5.56. The van der Waals surface area contributed by atoms with Gasteiger partial charge in [0.2, 0.25) is 0 Å². The standard InChI is InChI=1S/C19H23F2N5O3/c1-11-8-26-16(13(7-22-26)17(28)24-19(2,3)10-27)9-25(11)18(29)23-12-4-5-14(20)15(21)6-12/h4-7,11,27H,8-10H2,1-3H3,(H,23,29)(H,24,28)/t11-/m0/s1. The molecule has 1 aliphatic rings. The van der Waals surface area contributed by atoms with Crippen molar-refractivity contribution in [2.24, 2.45) is 0 Å². The molecule has 0 saturated carbocycles. The minimum absolute atomic E-state index is 0.110. The summed E-state index contributed by atoms with van der Waals surface area (Å²) in [5.74, 6) is -2.46. The van der Waals surface area contributed by atoms with Crippen LogP contribution < -0.4 is 10.6 Å². The monoisotopic (exact) mass is 407 g/mol. The molecule has 0 saturated heterocycles. The van der Waals surface area contributed by atoms with E-state index in [9.17, 15) is 23.5 Å². The van der Waals surface area contributed by atoms with Crippen molar-refractivity contribution in [3.63, 3.8) is 0 Å². The van der Waals surface area contributed by atoms with Crippen molar-refractivity contribution in [3.05, 3.63) is 47.3 Å². The highest BCUT2D eigenvalue weighted by Crippen LogP contribution is 2.23. The number of benzene rings is 1. The quantitative estimate of drug-likeness (QED) is 0.723. The molecule has 2 aromatic rings. The Morgan fingerprint density at radius 2 is 2.03 bits per heavy atom. The number of carbonyl (C=O) groups is 2. The molecule has 1 aromatic heterocycles. The fraction of sp³-hybridized carbons (Fsp3) is 0.421. The van der Waals surface area contributed by atoms with Crippen LogP contribution in [0.4, 0.5) is 19.3 Å². The lowest BCUT2D eigenvalue weighted by molar-refractivity contribution is 0.0864. The van der Waals surface area contributed by atoms with Gasteiger partial charge < -0.3 is 20.6 Å². The minimum Gasteiger partial charge on any atom is -0.394 e. The summed E-state index contributed by atoms with van der Waals surface area (Å²) in [6, 6.07) is 2.37. The van der Waals surface area contributed by atoms with Crippen molar-refractivity contribution in [1.82, 2.24) is 20.0 Å². The molecule has 0 aliphatic carbocycles. The van der Waals surface area contributed by atoms with Crippen molar-refractivity contribution < 1.29 is 23.5 Å². The highest BCUT2D eigenvalue weighted by Gasteiger charge is 2.32. The average molecular weight is 407 g/mol. The molecule has 0 fully saturated rings. The van der Waals surface area contributed by atoms with Crippen molar-refractivity contribution in [2.75, 3.05) is 11.9 Å². The third-order valence-corrected chi connectivity index (χ3v) is 4.76. The van der Waals surface area contributed by atoms with E-state index in [4.69, 9.17) is 0 Å². The fourth-order valence-electron chi connectivity index (χ4n) is 3.05. The molecule has 0 bridgehead atoms. The summed E-state index contributed by atoms with van der Waals surface area (Å²) in [6.07, 6.45) is 1.43. The van der Waals surface area contributed by atoms with Crippen molar-refractivity contribution >= 4 is 17.6 Å². The summed E-state index contributed by atoms with van der Waals surface area (Å²) >= 11 is 0. The van der Waals surface area contributed by atoms with Gasteiger partial charge in [-0.1, -0.05) is 0 Å². The SMILES string of the molecule is C[C@H]1Cn2ncc(C(=O)NC(C)(C)CO)c2CN1C(=O)Nc1ccc(F)c(F)c1. The van der Waals surface area contributed by atoms with E-state index in [1.54, 1.807) is 18.5 Å². The van der Waals surface area contributed by atoms with E-state index in [-0.39, 0.29) is 24.9 Å². The van der Waals surface area contributed by atoms with Gasteiger partial charge in [-0.3, -0.25) is 9.48 Å². The highest BCUT2D eigenvalue weighted by atomic mass is 19.2. The van der Waals surface area contributed by atoms with Crippen LogP contribution in [0.25, 0.3) is 0 Å². The highest BCUT2D eigenvalue weighted by molar-refractivity contribution is 5.96. The molecule has 1 aliphatic heterocycles. The Morgan fingerprint density at radius 3 is 2.69 bits per heavy atom. The molecule has 0 spiro atoms. The number of anilines is 1. The van der Waals surface area contributed by atoms with Gasteiger partial charge in [0, 0.05) is 11.8 Å². The summed E-state index contributed by atoms with van der Waals surface area (Å²) in [4.78, 5) is 26.8. The molecule has 0 radical (unpaired) electrons. The molecule has 8 nitrogen and oxygen atoms in total. The Hall–Kier alpha value is -3.01. The zero-order valence-corrected chi connectivity index (χ0v) is 16.4. The number of fused-ring (bicyclic) bond motifs is 1. The number of rotatable bonds is 4. The van der Waals surface area contributed by atoms with Gasteiger partial charge in [0.05, 0.1) is 48.7 Å². The predicted molar refractivity (Wildman–Crippen MR) is 101 cm³/mol. The molecular formula is C19H23F2N5O3. The van der Waals surface area contributed by atoms with Crippen LogP contribution in [0.2, 0.25) is 0 Å². The number of aromatic nitrogens is 2. The molecule has 0 unspecified atom stereocenters. The number of aliphatic hydroxyl groups is 1. The Bertz CT molecular complexity index is 944. The van der Waals surface area contributed by atoms with E-state index in [1.807, 2.05) is 6.92 Å². The number of hydrogen-bond acceptors (Lipinski definition) is 4. The second-order valence-electron chi connectivity index (χ2n) is 7.72. The summed E-state index contributed by atoms with van der Waals surface area (Å²) in [6.45, 7) is 5.44. The van der Waals surface area contributed by atoms with Crippen LogP contribution in [-0.4, -0.2) is 49.9 Å². The second-order valence-corrected chi connectivity index (χ2v) is 7.72. The molecule has 10 heteroatoms. The lowest BCUT2D eigenvalue weighted by atomic mass is 10.1. The molecule has 3 N–H and O–H groups in total. The smallest absolute Gasteiger partial charge is 0.322 e. The lowest BCUT2D eigenvalue weighted by Gasteiger charge is -2.34. The van der Waals surface area contributed by atoms with Crippen LogP contribution in [0.5, 0.6) is 0 Å². The average Bonchev–Trinajstić information content (AvgIpc) is 3.06. The number of carbonyl (C=O) groups excluding carboxylic acids is 2. The number of hydrogen-bond donors (Lipinski definition) is 3. The maximum absolute atomic E-state index is 13.4. The Labute approximate surface area is 166 Å². The van der Waals surface area contributed by atoms with Gasteiger partial charge in [-0.05, 0) is 32.9 Å². The first-order valence-corrected chi connectivity index (χ1v) is 9.12. The van der Waals surface area contributed by atoms with E-state index < -0.39 is 29.1 Å². The summed E-state index contributed by atoms with van der Waals surface area (Å²) in [5, 5.41) is 18.9. The normalized spacial score (nSPS) is 16.3. The van der Waals surface area contributed by atoms with Gasteiger partial charge in [-0.15, -0.1) is 0 Å². The molecular weight excluding hydrogens is 384 g/mol. The molecule has 29 heavy (non-hydrogen) atoms. The second kappa shape index (κ2) is 7.78. The Balaban J connectivity index is 1.78. The third-order valence-electron chi connectivity index (χ3n) is 4.76. The number of nitrogens with zero attached hydrogens (tertiary/aromatic N) is 3. The summed E-state index contributed by atoms with van der Waals surface area (Å²) < 4.78 is 28.1. The number of amides is 3. The maximum atomic E-state index is 13.4. The van der Waals surface area contributed by atoms with Crippen LogP contribution >= 0.6 is 0 Å². The van der Waals surface area contributed by atoms with E-state index >= 15 is 0 Å². The van der Waals surface area contributed by atoms with Gasteiger partial charge in [-0.25, -0.2) is 13.6 Å². The van der Waals surface area contributed by atoms with E-state index in [1.165, 1.54) is 17.2 Å². The number of halogens is 2. The van der Waals surface area contributed by atoms with E-state index in [2.05, 4.69) is 15.7 Å². The lowest BCUT2D eigenvalue weighted by Crippen LogP contribution is -2.48. The van der Waals surface area contributed by atoms with Crippen LogP contribution in [0.3, 0.4) is 0 Å². The third kappa shape index (κ3) is 4.37. The Morgan fingerprint density at radius 1 is 1.31 bits per heavy atom. The van der Waals surface area contributed by atoms with E-state index in [0.717, 1.165) is 12.1 Å². The topological polar surface area (TPSA) is 99.5 Å². The molecule has 2 heterocycles. The largest absolute Gasteiger partial charge is 0.394 e. The molecule has 156 valence electrons. The molecule has 3 amide bonds. The molecule has 3 rings (SSSR count). The van der Waals surface area contributed by atoms with Crippen LogP contribution in [0, 0.1) is 11.6 Å². The first-order valence-electron chi connectivity index (χ1n) is 9.12. The van der Waals surface area contributed by atoms with Gasteiger partial charge in [-0.2, -0.15) is 5.10 Å². The number of nitrogens with one attached hydrogen (secondary N) is 2. The number of urea groups is 1. The van der Waals surface area contributed by atoms with Crippen molar-refractivity contribution in [3.8, 4) is 0 Å². The van der Waals surface area contributed by atoms with Crippen LogP contribution in [-0.2, 0) is 13.1 Å². The maximum Gasteiger partial charge on any atom is 0.322 e. The van der Waals surface area contributed by atoms with Crippen molar-refractivity contribution in [2.45, 2.75) is 45.4 Å². The zero-order valence-electron chi connectivity index (χ0n) is 16.4. The van der Waals surface area contributed by atoms with Crippen LogP contribution in [0.15, 0.2) is 24.4 Å². The van der Waals surface area contributed by atoms with Gasteiger partial charge >= 0.3 is 6.03 Å². The first-order chi connectivity index (χ1) is 13.6. The zero-order chi connectivity index (χ0) is 21.3. The van der Waals surface area contributed by atoms with Crippen molar-refractivity contribution in [1.29, 1.82) is 0 Å². The molecule has 1 aromatic carbocycles. The van der Waals surface area contributed by atoms with Crippen LogP contribution in [0.1, 0.15) is 36.8 Å². The summed E-state index contributed by atoms with van der Waals surface area (Å²) in [7, 11) is 0. The first kappa shape index (κ1) is 20.7. The summed E-state index contributed by atoms with van der Waals surface area (Å²) in [5.41, 5.74) is 0.180. The molecule has 1 atom stereocenters. The number of aliphatic hydroxyl groups excluding tert-OH is 1. The van der Waals surface area contributed by atoms with E-state index in [0.29, 0.717) is 17.8 Å². The van der Waals surface area contributed by atoms with Gasteiger partial charge in [0.1, 0.15) is 0 Å². The fourth-order valence-corrected chi connectivity index (χ4v) is 3.05.